The summed E-state index contributed by atoms with van der Waals surface area (Å²) in [6, 6.07) is 0. The van der Waals surface area contributed by atoms with E-state index in [1.807, 2.05) is 0 Å². The van der Waals surface area contributed by atoms with Gasteiger partial charge in [0.25, 0.3) is 0 Å². The van der Waals surface area contributed by atoms with Gasteiger partial charge < -0.3 is 34.2 Å². The average Bonchev–Trinajstić information content (AvgIpc) is 3.71. The summed E-state index contributed by atoms with van der Waals surface area (Å²) in [6.07, 6.45) is 79.1. The Morgan fingerprint density at radius 2 is 0.568 bits per heavy atom. The highest BCUT2D eigenvalue weighted by molar-refractivity contribution is 7.47. The minimum atomic E-state index is -4.92. The molecule has 0 aliphatic rings. The molecule has 0 radical (unpaired) electrons. The molecule has 0 rings (SSSR count). The van der Waals surface area contributed by atoms with E-state index in [9.17, 15) is 43.5 Å². The fourth-order valence-electron chi connectivity index (χ4n) is 10.0. The summed E-state index contributed by atoms with van der Waals surface area (Å²) < 4.78 is 60.9. The van der Waals surface area contributed by atoms with Crippen LogP contribution in [-0.2, 0) is 55.8 Å². The SMILES string of the molecule is CC/C=C\C/C=C\C/C=C\CCCCCCCCCC(=O)OCC(COP(=O)(O)OCC(O)COP(=O)(O)OCC(O)COC(=O)CCCCCCCCCCCCCCCCC/C=C\C/C=C\C/C=C\C/C=C\CCCCC)OC(=O)CCCCCCC/C=C\CCCC. The Bertz CT molecular complexity index is 2120. The lowest BCUT2D eigenvalue weighted by molar-refractivity contribution is -0.161. The predicted molar refractivity (Wildman–Crippen MR) is 390 cm³/mol. The lowest BCUT2D eigenvalue weighted by Crippen LogP contribution is -2.30. The van der Waals surface area contributed by atoms with Crippen LogP contribution in [0.25, 0.3) is 0 Å². The van der Waals surface area contributed by atoms with Crippen LogP contribution in [-0.4, -0.2) is 95.9 Å². The number of esters is 3. The number of carbonyl (C=O) groups is 3. The van der Waals surface area contributed by atoms with Crippen LogP contribution >= 0.6 is 15.6 Å². The molecule has 0 fully saturated rings. The highest BCUT2D eigenvalue weighted by Gasteiger charge is 2.29. The third kappa shape index (κ3) is 71.6. The summed E-state index contributed by atoms with van der Waals surface area (Å²) in [5.74, 6) is -1.59. The van der Waals surface area contributed by atoms with Crippen LogP contribution in [0.1, 0.15) is 316 Å². The van der Waals surface area contributed by atoms with Gasteiger partial charge in [0.2, 0.25) is 0 Å². The first kappa shape index (κ1) is 91.5. The van der Waals surface area contributed by atoms with Crippen LogP contribution < -0.4 is 0 Å². The van der Waals surface area contributed by atoms with Crippen molar-refractivity contribution < 1.29 is 75.8 Å². The summed E-state index contributed by atoms with van der Waals surface area (Å²) in [5.41, 5.74) is 0. The van der Waals surface area contributed by atoms with Gasteiger partial charge in [-0.3, -0.25) is 32.5 Å². The maximum atomic E-state index is 12.9. The molecule has 0 amide bonds. The van der Waals surface area contributed by atoms with Crippen molar-refractivity contribution in [3.63, 3.8) is 0 Å². The molecule has 0 aromatic heterocycles. The molecule has 550 valence electrons. The van der Waals surface area contributed by atoms with E-state index < -0.39 is 91.5 Å². The fraction of sp³-hybridized carbons (Fsp3) is 0.753. The lowest BCUT2D eigenvalue weighted by atomic mass is 10.0. The second kappa shape index (κ2) is 70.3. The predicted octanol–water partition coefficient (Wildman–Crippen LogP) is 21.4. The minimum Gasteiger partial charge on any atom is -0.463 e. The second-order valence-electron chi connectivity index (χ2n) is 25.1. The maximum Gasteiger partial charge on any atom is 0.472 e. The first-order valence-electron chi connectivity index (χ1n) is 37.5. The first-order valence-corrected chi connectivity index (χ1v) is 40.5. The Morgan fingerprint density at radius 3 is 0.926 bits per heavy atom. The van der Waals surface area contributed by atoms with Crippen molar-refractivity contribution in [2.75, 3.05) is 39.6 Å². The Hall–Kier alpha value is -3.53. The molecular weight excluding hydrogens is 1240 g/mol. The van der Waals surface area contributed by atoms with Crippen LogP contribution in [0, 0.1) is 0 Å². The van der Waals surface area contributed by atoms with Crippen molar-refractivity contribution in [3.8, 4) is 0 Å². The molecule has 0 aliphatic heterocycles. The Morgan fingerprint density at radius 1 is 0.305 bits per heavy atom. The second-order valence-corrected chi connectivity index (χ2v) is 28.0. The monoisotopic (exact) mass is 1380 g/mol. The Kier molecular flexibility index (Phi) is 67.7. The third-order valence-electron chi connectivity index (χ3n) is 15.8. The highest BCUT2D eigenvalue weighted by atomic mass is 31.2. The number of phosphoric acid groups is 2. The average molecular weight is 1380 g/mol. The molecule has 0 bridgehead atoms. The van der Waals surface area contributed by atoms with Gasteiger partial charge in [0, 0.05) is 19.3 Å². The molecule has 18 heteroatoms. The summed E-state index contributed by atoms with van der Waals surface area (Å²) in [6.45, 7) is 2.49. The number of allylic oxidation sites excluding steroid dienone is 16. The smallest absolute Gasteiger partial charge is 0.463 e. The maximum absolute atomic E-state index is 12.9. The molecule has 16 nitrogen and oxygen atoms in total. The van der Waals surface area contributed by atoms with E-state index in [1.165, 1.54) is 116 Å². The van der Waals surface area contributed by atoms with Crippen LogP contribution in [0.2, 0.25) is 0 Å². The number of hydrogen-bond acceptors (Lipinski definition) is 14. The number of aliphatic hydroxyl groups excluding tert-OH is 2. The van der Waals surface area contributed by atoms with Crippen LogP contribution in [0.4, 0.5) is 0 Å². The van der Waals surface area contributed by atoms with Gasteiger partial charge in [-0.1, -0.05) is 279 Å². The van der Waals surface area contributed by atoms with Crippen LogP contribution in [0.15, 0.2) is 97.2 Å². The minimum absolute atomic E-state index is 0.0922. The molecule has 0 aliphatic carbocycles. The van der Waals surface area contributed by atoms with Crippen LogP contribution in [0.5, 0.6) is 0 Å². The summed E-state index contributed by atoms with van der Waals surface area (Å²) >= 11 is 0. The van der Waals surface area contributed by atoms with Crippen molar-refractivity contribution in [3.05, 3.63) is 97.2 Å². The van der Waals surface area contributed by atoms with Gasteiger partial charge in [0.1, 0.15) is 25.4 Å². The van der Waals surface area contributed by atoms with Gasteiger partial charge in [-0.2, -0.15) is 0 Å². The number of hydrogen-bond donors (Lipinski definition) is 4. The molecule has 5 unspecified atom stereocenters. The van der Waals surface area contributed by atoms with E-state index in [-0.39, 0.29) is 19.3 Å². The van der Waals surface area contributed by atoms with E-state index in [0.29, 0.717) is 19.3 Å². The van der Waals surface area contributed by atoms with E-state index in [4.69, 9.17) is 32.3 Å². The highest BCUT2D eigenvalue weighted by Crippen LogP contribution is 2.45. The number of ether oxygens (including phenoxy) is 3. The normalized spacial score (nSPS) is 14.6. The molecule has 0 saturated carbocycles. The number of rotatable bonds is 71. The molecule has 0 aromatic rings. The van der Waals surface area contributed by atoms with E-state index in [0.717, 1.165) is 141 Å². The van der Waals surface area contributed by atoms with E-state index >= 15 is 0 Å². The van der Waals surface area contributed by atoms with E-state index in [1.54, 1.807) is 0 Å². The topological polar surface area (TPSA) is 231 Å². The quantitative estimate of drug-likeness (QED) is 0.0146. The van der Waals surface area contributed by atoms with E-state index in [2.05, 4.69) is 118 Å². The number of phosphoric ester groups is 2. The molecule has 5 atom stereocenters. The Balaban J connectivity index is 4.37. The summed E-state index contributed by atoms with van der Waals surface area (Å²) in [4.78, 5) is 58.4. The van der Waals surface area contributed by atoms with Gasteiger partial charge in [-0.05, 0) is 116 Å². The van der Waals surface area contributed by atoms with Crippen molar-refractivity contribution in [2.45, 2.75) is 334 Å². The zero-order valence-corrected chi connectivity index (χ0v) is 61.6. The number of carbonyl (C=O) groups excluding carboxylic acids is 3. The molecule has 4 N–H and O–H groups in total. The summed E-state index contributed by atoms with van der Waals surface area (Å²) in [7, 11) is -9.78. The molecule has 0 aromatic carbocycles. The first-order chi connectivity index (χ1) is 46.2. The number of unbranched alkanes of at least 4 members (excludes halogenated alkanes) is 32. The largest absolute Gasteiger partial charge is 0.472 e. The lowest BCUT2D eigenvalue weighted by Gasteiger charge is -2.21. The van der Waals surface area contributed by atoms with Gasteiger partial charge in [0.05, 0.1) is 26.4 Å². The van der Waals surface area contributed by atoms with Gasteiger partial charge >= 0.3 is 33.6 Å². The standard InChI is InChI=1S/C77H136O16P2/c1-4-7-10-13-16-19-22-24-26-28-29-30-31-32-33-34-35-36-37-38-39-40-41-43-45-46-49-51-54-57-60-63-75(80)87-66-72(78)67-89-94(83,84)90-68-73(79)69-91-95(85,86)92-71-74(93-77(82)65-62-59-56-53-48-21-18-15-12-9-6-3)70-88-76(81)64-61-58-55-52-50-47-44-42-27-25-23-20-17-14-11-8-5-2/h8,11,15-20,24-27,29-30,32-33,72-74,78-79H,4-7,9-10,12-14,21-23,28,31,34-71H2,1-3H3,(H,83,84)(H,85,86)/b11-8-,18-15-,19-16-,20-17-,26-24-,27-25-,30-29-,33-32-. The van der Waals surface area contributed by atoms with Crippen molar-refractivity contribution in [1.82, 2.24) is 0 Å². The van der Waals surface area contributed by atoms with Gasteiger partial charge in [0.15, 0.2) is 6.10 Å². The summed E-state index contributed by atoms with van der Waals surface area (Å²) in [5, 5.41) is 20.6. The van der Waals surface area contributed by atoms with Crippen LogP contribution in [0.3, 0.4) is 0 Å². The van der Waals surface area contributed by atoms with Gasteiger partial charge in [-0.25, -0.2) is 9.13 Å². The third-order valence-corrected chi connectivity index (χ3v) is 17.7. The Labute approximate surface area is 578 Å². The molecule has 0 saturated heterocycles. The zero-order chi connectivity index (χ0) is 69.5. The van der Waals surface area contributed by atoms with Crippen molar-refractivity contribution >= 4 is 33.6 Å². The number of aliphatic hydroxyl groups is 2. The molecule has 0 heterocycles. The molecule has 95 heavy (non-hydrogen) atoms. The zero-order valence-electron chi connectivity index (χ0n) is 59.8. The molecular formula is C77H136O16P2. The fourth-order valence-corrected chi connectivity index (χ4v) is 11.6. The molecule has 0 spiro atoms. The van der Waals surface area contributed by atoms with Crippen molar-refractivity contribution in [2.24, 2.45) is 0 Å². The van der Waals surface area contributed by atoms with Crippen molar-refractivity contribution in [1.29, 1.82) is 0 Å². The van der Waals surface area contributed by atoms with Gasteiger partial charge in [-0.15, -0.1) is 0 Å².